The molecule has 0 unspecified atom stereocenters. The van der Waals surface area contributed by atoms with E-state index >= 15 is 0 Å². The van der Waals surface area contributed by atoms with Crippen LogP contribution < -0.4 is 11.1 Å². The smallest absolute Gasteiger partial charge is 0.275 e. The number of nitrogens with one attached hydrogen (secondary N) is 1. The van der Waals surface area contributed by atoms with E-state index in [1.165, 1.54) is 18.5 Å². The van der Waals surface area contributed by atoms with E-state index in [0.29, 0.717) is 16.5 Å². The summed E-state index contributed by atoms with van der Waals surface area (Å²) < 4.78 is 0. The van der Waals surface area contributed by atoms with Gasteiger partial charge in [0, 0.05) is 6.20 Å². The number of nitrogens with zero attached hydrogens (tertiary/aromatic N) is 2. The second-order valence-electron chi connectivity index (χ2n) is 3.26. The second kappa shape index (κ2) is 4.80. The highest BCUT2D eigenvalue weighted by Gasteiger charge is 2.09. The highest BCUT2D eigenvalue weighted by molar-refractivity contribution is 6.33. The average Bonchev–Trinajstić information content (AvgIpc) is 2.33. The molecule has 2 heterocycles. The minimum Gasteiger partial charge on any atom is -0.397 e. The van der Waals surface area contributed by atoms with Crippen molar-refractivity contribution in [3.63, 3.8) is 0 Å². The monoisotopic (exact) mass is 248 g/mol. The van der Waals surface area contributed by atoms with Gasteiger partial charge in [-0.25, -0.2) is 9.97 Å². The number of carbonyl (C=O) groups is 1. The van der Waals surface area contributed by atoms with Crippen molar-refractivity contribution in [2.75, 3.05) is 11.1 Å². The summed E-state index contributed by atoms with van der Waals surface area (Å²) in [4.78, 5) is 19.6. The third-order valence-corrected chi connectivity index (χ3v) is 2.31. The number of nitrogen functional groups attached to an aromatic ring is 1. The van der Waals surface area contributed by atoms with Gasteiger partial charge in [0.2, 0.25) is 0 Å². The highest BCUT2D eigenvalue weighted by atomic mass is 35.5. The topological polar surface area (TPSA) is 80.9 Å². The van der Waals surface area contributed by atoms with Crippen LogP contribution in [0.5, 0.6) is 0 Å². The van der Waals surface area contributed by atoms with E-state index in [1.54, 1.807) is 18.2 Å². The van der Waals surface area contributed by atoms with Gasteiger partial charge >= 0.3 is 0 Å². The fraction of sp³-hybridized carbons (Fsp3) is 0. The Hall–Kier alpha value is -2.14. The van der Waals surface area contributed by atoms with Crippen LogP contribution in [0.4, 0.5) is 11.5 Å². The summed E-state index contributed by atoms with van der Waals surface area (Å²) in [5, 5.41) is 2.93. The minimum absolute atomic E-state index is 0.251. The highest BCUT2D eigenvalue weighted by Crippen LogP contribution is 2.17. The molecule has 0 aliphatic rings. The first-order valence-corrected chi connectivity index (χ1v) is 5.18. The maximum Gasteiger partial charge on any atom is 0.275 e. The Morgan fingerprint density at radius 1 is 1.29 bits per heavy atom. The molecule has 0 fully saturated rings. The number of anilines is 2. The van der Waals surface area contributed by atoms with Gasteiger partial charge in [0.1, 0.15) is 5.69 Å². The van der Waals surface area contributed by atoms with Gasteiger partial charge in [-0.1, -0.05) is 11.6 Å². The van der Waals surface area contributed by atoms with Crippen LogP contribution in [0.1, 0.15) is 10.5 Å². The molecule has 0 atom stereocenters. The summed E-state index contributed by atoms with van der Waals surface area (Å²) in [5.74, 6) is -0.0802. The van der Waals surface area contributed by atoms with Gasteiger partial charge in [-0.15, -0.1) is 0 Å². The lowest BCUT2D eigenvalue weighted by atomic mass is 10.3. The summed E-state index contributed by atoms with van der Waals surface area (Å²) in [5.41, 5.74) is 6.22. The van der Waals surface area contributed by atoms with Gasteiger partial charge in [-0.2, -0.15) is 0 Å². The lowest BCUT2D eigenvalue weighted by Crippen LogP contribution is -2.14. The van der Waals surface area contributed by atoms with Crippen LogP contribution in [0.2, 0.25) is 5.02 Å². The molecule has 2 aromatic rings. The molecule has 86 valence electrons. The number of carbonyl (C=O) groups excluding carboxylic acids is 1. The van der Waals surface area contributed by atoms with Crippen LogP contribution in [0, 0.1) is 0 Å². The van der Waals surface area contributed by atoms with Crippen molar-refractivity contribution in [1.29, 1.82) is 0 Å². The number of halogens is 1. The van der Waals surface area contributed by atoms with Crippen LogP contribution in [0.25, 0.3) is 0 Å². The van der Waals surface area contributed by atoms with Crippen molar-refractivity contribution in [3.8, 4) is 0 Å². The largest absolute Gasteiger partial charge is 0.397 e. The summed E-state index contributed by atoms with van der Waals surface area (Å²) in [6.45, 7) is 0. The third-order valence-electron chi connectivity index (χ3n) is 2.01. The third kappa shape index (κ3) is 2.70. The van der Waals surface area contributed by atoms with Crippen LogP contribution in [-0.2, 0) is 0 Å². The molecule has 0 aromatic carbocycles. The minimum atomic E-state index is -0.384. The number of pyridine rings is 2. The Balaban J connectivity index is 2.17. The summed E-state index contributed by atoms with van der Waals surface area (Å²) >= 11 is 5.86. The van der Waals surface area contributed by atoms with Crippen molar-refractivity contribution in [1.82, 2.24) is 9.97 Å². The SMILES string of the molecule is Nc1ccc(C(=O)Nc2ncccc2Cl)nc1. The fourth-order valence-electron chi connectivity index (χ4n) is 1.19. The fourth-order valence-corrected chi connectivity index (χ4v) is 1.36. The number of rotatable bonds is 2. The molecule has 2 rings (SSSR count). The predicted octanol–water partition coefficient (Wildman–Crippen LogP) is 1.96. The van der Waals surface area contributed by atoms with E-state index < -0.39 is 0 Å². The molecule has 0 radical (unpaired) electrons. The zero-order chi connectivity index (χ0) is 12.3. The lowest BCUT2D eigenvalue weighted by Gasteiger charge is -2.05. The number of hydrogen-bond donors (Lipinski definition) is 2. The first-order valence-electron chi connectivity index (χ1n) is 4.80. The first-order chi connectivity index (χ1) is 8.16. The molecule has 5 nitrogen and oxygen atoms in total. The maximum atomic E-state index is 11.8. The second-order valence-corrected chi connectivity index (χ2v) is 3.67. The van der Waals surface area contributed by atoms with E-state index in [1.807, 2.05) is 0 Å². The molecule has 2 aromatic heterocycles. The molecule has 0 saturated carbocycles. The summed E-state index contributed by atoms with van der Waals surface area (Å²) in [6, 6.07) is 6.45. The normalized spacial score (nSPS) is 9.94. The predicted molar refractivity (Wildman–Crippen MR) is 65.8 cm³/mol. The number of amides is 1. The quantitative estimate of drug-likeness (QED) is 0.851. The Morgan fingerprint density at radius 2 is 2.12 bits per heavy atom. The van der Waals surface area contributed by atoms with Gasteiger partial charge in [0.05, 0.1) is 16.9 Å². The van der Waals surface area contributed by atoms with Gasteiger partial charge in [-0.05, 0) is 24.3 Å². The molecule has 17 heavy (non-hydrogen) atoms. The molecule has 0 spiro atoms. The van der Waals surface area contributed by atoms with Crippen LogP contribution >= 0.6 is 11.6 Å². The Bertz CT molecular complexity index is 541. The van der Waals surface area contributed by atoms with Crippen LogP contribution in [0.3, 0.4) is 0 Å². The van der Waals surface area contributed by atoms with Crippen molar-refractivity contribution in [2.24, 2.45) is 0 Å². The molecule has 6 heteroatoms. The number of aromatic nitrogens is 2. The average molecular weight is 249 g/mol. The molecular weight excluding hydrogens is 240 g/mol. The van der Waals surface area contributed by atoms with Crippen molar-refractivity contribution < 1.29 is 4.79 Å². The lowest BCUT2D eigenvalue weighted by molar-refractivity contribution is 0.102. The maximum absolute atomic E-state index is 11.8. The zero-order valence-electron chi connectivity index (χ0n) is 8.72. The van der Waals surface area contributed by atoms with E-state index in [0.717, 1.165) is 0 Å². The van der Waals surface area contributed by atoms with Gasteiger partial charge in [-0.3, -0.25) is 4.79 Å². The molecule has 1 amide bonds. The number of nitrogens with two attached hydrogens (primary N) is 1. The van der Waals surface area contributed by atoms with E-state index in [9.17, 15) is 4.79 Å². The summed E-state index contributed by atoms with van der Waals surface area (Å²) in [6.07, 6.45) is 2.95. The van der Waals surface area contributed by atoms with Gasteiger partial charge in [0.15, 0.2) is 5.82 Å². The standard InChI is InChI=1S/C11H9ClN4O/c12-8-2-1-5-14-10(8)16-11(17)9-4-3-7(13)6-15-9/h1-6H,13H2,(H,14,16,17). The zero-order valence-corrected chi connectivity index (χ0v) is 9.48. The molecular formula is C11H9ClN4O. The van der Waals surface area contributed by atoms with Crippen molar-refractivity contribution in [3.05, 3.63) is 47.4 Å². The van der Waals surface area contributed by atoms with Crippen molar-refractivity contribution >= 4 is 29.0 Å². The van der Waals surface area contributed by atoms with E-state index in [4.69, 9.17) is 17.3 Å². The van der Waals surface area contributed by atoms with Crippen molar-refractivity contribution in [2.45, 2.75) is 0 Å². The number of hydrogen-bond acceptors (Lipinski definition) is 4. The first kappa shape index (κ1) is 11.3. The Morgan fingerprint density at radius 3 is 2.76 bits per heavy atom. The molecule has 3 N–H and O–H groups in total. The molecule has 0 bridgehead atoms. The molecule has 0 aliphatic carbocycles. The Labute approximate surface area is 103 Å². The molecule has 0 aliphatic heterocycles. The van der Waals surface area contributed by atoms with E-state index in [-0.39, 0.29) is 11.6 Å². The van der Waals surface area contributed by atoms with Gasteiger partial charge in [0.25, 0.3) is 5.91 Å². The molecule has 0 saturated heterocycles. The summed E-state index contributed by atoms with van der Waals surface area (Å²) in [7, 11) is 0. The van der Waals surface area contributed by atoms with E-state index in [2.05, 4.69) is 15.3 Å². The Kier molecular flexibility index (Phi) is 3.20. The van der Waals surface area contributed by atoms with Crippen LogP contribution in [-0.4, -0.2) is 15.9 Å². The van der Waals surface area contributed by atoms with Crippen LogP contribution in [0.15, 0.2) is 36.7 Å². The van der Waals surface area contributed by atoms with Gasteiger partial charge < -0.3 is 11.1 Å².